The van der Waals surface area contributed by atoms with Crippen molar-refractivity contribution in [2.24, 2.45) is 7.05 Å². The van der Waals surface area contributed by atoms with Gasteiger partial charge in [0.25, 0.3) is 0 Å². The van der Waals surface area contributed by atoms with E-state index in [-0.39, 0.29) is 0 Å². The van der Waals surface area contributed by atoms with Crippen LogP contribution in [0.5, 0.6) is 0 Å². The van der Waals surface area contributed by atoms with Crippen molar-refractivity contribution in [2.75, 3.05) is 36.0 Å². The molecule has 0 atom stereocenters. The number of rotatable bonds is 3. The Hall–Kier alpha value is -2.56. The van der Waals surface area contributed by atoms with E-state index in [4.69, 9.17) is 9.97 Å². The first-order chi connectivity index (χ1) is 12.8. The molecule has 5 rings (SSSR count). The Morgan fingerprint density at radius 2 is 1.46 bits per heavy atom. The van der Waals surface area contributed by atoms with Gasteiger partial charge >= 0.3 is 0 Å². The second kappa shape index (κ2) is 6.31. The van der Waals surface area contributed by atoms with Crippen LogP contribution in [-0.4, -0.2) is 40.7 Å². The van der Waals surface area contributed by atoms with E-state index in [0.29, 0.717) is 0 Å². The minimum absolute atomic E-state index is 0.901. The minimum atomic E-state index is 0.901. The van der Waals surface area contributed by atoms with Crippen molar-refractivity contribution in [1.29, 1.82) is 0 Å². The molecule has 0 N–H and O–H groups in total. The molecule has 4 heterocycles. The fourth-order valence-corrected chi connectivity index (χ4v) is 4.29. The molecule has 2 aromatic heterocycles. The molecule has 0 bridgehead atoms. The maximum absolute atomic E-state index is 5.09. The number of hydrogen-bond donors (Lipinski definition) is 0. The molecule has 0 spiro atoms. The number of fused-ring (bicyclic) bond motifs is 1. The molecule has 0 aliphatic carbocycles. The summed E-state index contributed by atoms with van der Waals surface area (Å²) in [6, 6.07) is 10.6. The van der Waals surface area contributed by atoms with Crippen molar-refractivity contribution in [2.45, 2.75) is 25.7 Å². The summed E-state index contributed by atoms with van der Waals surface area (Å²) >= 11 is 0. The first-order valence-corrected chi connectivity index (χ1v) is 9.73. The molecule has 2 fully saturated rings. The van der Waals surface area contributed by atoms with Crippen molar-refractivity contribution in [3.8, 4) is 11.1 Å². The van der Waals surface area contributed by atoms with Crippen LogP contribution in [0.4, 0.5) is 11.8 Å². The van der Waals surface area contributed by atoms with Gasteiger partial charge < -0.3 is 14.4 Å². The summed E-state index contributed by atoms with van der Waals surface area (Å²) in [5.74, 6) is 2.02. The molecule has 1 aromatic carbocycles. The lowest BCUT2D eigenvalue weighted by atomic mass is 10.1. The maximum atomic E-state index is 5.09. The lowest BCUT2D eigenvalue weighted by Crippen LogP contribution is -2.24. The van der Waals surface area contributed by atoms with E-state index in [1.807, 2.05) is 0 Å². The largest absolute Gasteiger partial charge is 0.356 e. The molecule has 2 aliphatic rings. The zero-order valence-electron chi connectivity index (χ0n) is 15.4. The zero-order chi connectivity index (χ0) is 17.5. The zero-order valence-corrected chi connectivity index (χ0v) is 15.4. The first kappa shape index (κ1) is 15.7. The summed E-state index contributed by atoms with van der Waals surface area (Å²) in [7, 11) is 2.10. The van der Waals surface area contributed by atoms with Crippen LogP contribution in [0.1, 0.15) is 25.7 Å². The van der Waals surface area contributed by atoms with Gasteiger partial charge in [0.1, 0.15) is 11.5 Å². The highest BCUT2D eigenvalue weighted by Crippen LogP contribution is 2.37. The molecule has 3 aromatic rings. The third kappa shape index (κ3) is 2.54. The molecular weight excluding hydrogens is 322 g/mol. The lowest BCUT2D eigenvalue weighted by molar-refractivity contribution is 0.869. The highest BCUT2D eigenvalue weighted by molar-refractivity contribution is 6.02. The second-order valence-electron chi connectivity index (χ2n) is 7.45. The highest BCUT2D eigenvalue weighted by Gasteiger charge is 2.25. The van der Waals surface area contributed by atoms with Crippen LogP contribution in [0.25, 0.3) is 22.2 Å². The van der Waals surface area contributed by atoms with E-state index in [2.05, 4.69) is 57.9 Å². The molecule has 26 heavy (non-hydrogen) atoms. The smallest absolute Gasteiger partial charge is 0.229 e. The summed E-state index contributed by atoms with van der Waals surface area (Å²) in [5.41, 5.74) is 3.51. The molecule has 5 nitrogen and oxygen atoms in total. The van der Waals surface area contributed by atoms with Gasteiger partial charge in [-0.05, 0) is 31.2 Å². The van der Waals surface area contributed by atoms with Gasteiger partial charge in [0.2, 0.25) is 5.95 Å². The van der Waals surface area contributed by atoms with Gasteiger partial charge in [-0.25, -0.2) is 0 Å². The standard InChI is InChI=1S/C21H25N5/c1-24-15-17(16-9-3-2-4-10-16)18-19(24)22-21(26-13-7-8-14-26)23-20(18)25-11-5-6-12-25/h2-4,9-10,15H,5-8,11-14H2,1H3. The Morgan fingerprint density at radius 3 is 2.15 bits per heavy atom. The fraction of sp³-hybridized carbons (Fsp3) is 0.429. The van der Waals surface area contributed by atoms with Crippen LogP contribution in [0.15, 0.2) is 36.5 Å². The number of benzene rings is 1. The molecule has 0 unspecified atom stereocenters. The fourth-order valence-electron chi connectivity index (χ4n) is 4.29. The third-order valence-corrected chi connectivity index (χ3v) is 5.66. The van der Waals surface area contributed by atoms with E-state index < -0.39 is 0 Å². The predicted octanol–water partition coefficient (Wildman–Crippen LogP) is 3.84. The van der Waals surface area contributed by atoms with Crippen molar-refractivity contribution < 1.29 is 0 Å². The molecular formula is C21H25N5. The number of nitrogens with zero attached hydrogens (tertiary/aromatic N) is 5. The molecule has 5 heteroatoms. The summed E-state index contributed by atoms with van der Waals surface area (Å²) in [6.07, 6.45) is 7.18. The first-order valence-electron chi connectivity index (χ1n) is 9.73. The van der Waals surface area contributed by atoms with Gasteiger partial charge in [0.05, 0.1) is 5.39 Å². The quantitative estimate of drug-likeness (QED) is 0.721. The number of hydrogen-bond acceptors (Lipinski definition) is 4. The molecule has 0 amide bonds. The van der Waals surface area contributed by atoms with Crippen LogP contribution >= 0.6 is 0 Å². The monoisotopic (exact) mass is 347 g/mol. The Morgan fingerprint density at radius 1 is 0.808 bits per heavy atom. The highest BCUT2D eigenvalue weighted by atomic mass is 15.3. The van der Waals surface area contributed by atoms with E-state index in [1.165, 1.54) is 42.2 Å². The van der Waals surface area contributed by atoms with Gasteiger partial charge in [0.15, 0.2) is 0 Å². The van der Waals surface area contributed by atoms with Gasteiger partial charge in [-0.1, -0.05) is 30.3 Å². The number of aryl methyl sites for hydroxylation is 1. The Kier molecular flexibility index (Phi) is 3.80. The van der Waals surface area contributed by atoms with E-state index in [0.717, 1.165) is 43.6 Å². The minimum Gasteiger partial charge on any atom is -0.356 e. The molecule has 2 aliphatic heterocycles. The van der Waals surface area contributed by atoms with Crippen LogP contribution in [0, 0.1) is 0 Å². The Balaban J connectivity index is 1.75. The molecule has 0 saturated carbocycles. The van der Waals surface area contributed by atoms with E-state index >= 15 is 0 Å². The van der Waals surface area contributed by atoms with Crippen LogP contribution in [0.2, 0.25) is 0 Å². The summed E-state index contributed by atoms with van der Waals surface area (Å²) in [4.78, 5) is 14.9. The van der Waals surface area contributed by atoms with E-state index in [1.54, 1.807) is 0 Å². The number of anilines is 2. The topological polar surface area (TPSA) is 37.2 Å². The molecule has 0 radical (unpaired) electrons. The lowest BCUT2D eigenvalue weighted by Gasteiger charge is -2.22. The van der Waals surface area contributed by atoms with Crippen molar-refractivity contribution in [1.82, 2.24) is 14.5 Å². The molecule has 2 saturated heterocycles. The Bertz CT molecular complexity index is 918. The van der Waals surface area contributed by atoms with Gasteiger partial charge in [-0.3, -0.25) is 0 Å². The van der Waals surface area contributed by atoms with Gasteiger partial charge in [0, 0.05) is 45.0 Å². The van der Waals surface area contributed by atoms with Crippen LogP contribution in [0.3, 0.4) is 0 Å². The normalized spacial score (nSPS) is 17.6. The van der Waals surface area contributed by atoms with Crippen molar-refractivity contribution >= 4 is 22.8 Å². The predicted molar refractivity (Wildman–Crippen MR) is 107 cm³/mol. The van der Waals surface area contributed by atoms with Crippen LogP contribution < -0.4 is 9.80 Å². The molecule has 134 valence electrons. The number of aromatic nitrogens is 3. The van der Waals surface area contributed by atoms with Crippen molar-refractivity contribution in [3.05, 3.63) is 36.5 Å². The van der Waals surface area contributed by atoms with Gasteiger partial charge in [-0.2, -0.15) is 9.97 Å². The van der Waals surface area contributed by atoms with E-state index in [9.17, 15) is 0 Å². The van der Waals surface area contributed by atoms with Crippen molar-refractivity contribution in [3.63, 3.8) is 0 Å². The summed E-state index contributed by atoms with van der Waals surface area (Å²) in [5, 5.41) is 1.20. The Labute approximate surface area is 154 Å². The van der Waals surface area contributed by atoms with Crippen LogP contribution in [-0.2, 0) is 7.05 Å². The SMILES string of the molecule is Cn1cc(-c2ccccc2)c2c(N3CCCC3)nc(N3CCCC3)nc21. The van der Waals surface area contributed by atoms with Gasteiger partial charge in [-0.15, -0.1) is 0 Å². The summed E-state index contributed by atoms with van der Waals surface area (Å²) < 4.78 is 2.17. The maximum Gasteiger partial charge on any atom is 0.229 e. The summed E-state index contributed by atoms with van der Waals surface area (Å²) in [6.45, 7) is 4.32. The third-order valence-electron chi connectivity index (χ3n) is 5.66. The average molecular weight is 347 g/mol. The second-order valence-corrected chi connectivity index (χ2v) is 7.45. The average Bonchev–Trinajstić information content (AvgIpc) is 3.44.